The molecule has 0 aliphatic heterocycles. The van der Waals surface area contributed by atoms with Crippen LogP contribution in [-0.2, 0) is 6.54 Å². The van der Waals surface area contributed by atoms with Crippen LogP contribution in [0.15, 0.2) is 42.5 Å². The summed E-state index contributed by atoms with van der Waals surface area (Å²) in [6, 6.07) is 10.9. The molecule has 0 bridgehead atoms. The van der Waals surface area contributed by atoms with Gasteiger partial charge >= 0.3 is 6.03 Å². The molecule has 0 saturated heterocycles. The van der Waals surface area contributed by atoms with E-state index in [0.717, 1.165) is 11.1 Å². The molecule has 0 aliphatic carbocycles. The zero-order valence-electron chi connectivity index (χ0n) is 12.5. The summed E-state index contributed by atoms with van der Waals surface area (Å²) < 4.78 is 0. The summed E-state index contributed by atoms with van der Waals surface area (Å²) in [5.74, 6) is -0.600. The van der Waals surface area contributed by atoms with Gasteiger partial charge in [0.1, 0.15) is 5.75 Å². The van der Waals surface area contributed by atoms with Crippen molar-refractivity contribution in [2.24, 2.45) is 0 Å². The minimum Gasteiger partial charge on any atom is -0.506 e. The number of anilines is 1. The number of aromatic hydroxyl groups is 1. The number of urea groups is 1. The lowest BCUT2D eigenvalue weighted by Gasteiger charge is -2.11. The van der Waals surface area contributed by atoms with Gasteiger partial charge in [-0.15, -0.1) is 0 Å². The van der Waals surface area contributed by atoms with Crippen molar-refractivity contribution in [3.05, 3.63) is 59.2 Å². The van der Waals surface area contributed by atoms with Gasteiger partial charge in [0.05, 0.1) is 5.69 Å². The number of carbonyl (C=O) groups is 2. The highest BCUT2D eigenvalue weighted by molar-refractivity contribution is 5.93. The van der Waals surface area contributed by atoms with Crippen molar-refractivity contribution in [3.8, 4) is 5.75 Å². The minimum absolute atomic E-state index is 0.000446. The molecule has 120 valence electrons. The van der Waals surface area contributed by atoms with Crippen LogP contribution in [0.5, 0.6) is 5.75 Å². The van der Waals surface area contributed by atoms with Gasteiger partial charge in [0.15, 0.2) is 0 Å². The summed E-state index contributed by atoms with van der Waals surface area (Å²) in [4.78, 5) is 23.1. The number of hydroxylamine groups is 1. The molecule has 0 fully saturated rings. The third kappa shape index (κ3) is 4.21. The molecule has 3 amide bonds. The van der Waals surface area contributed by atoms with Gasteiger partial charge < -0.3 is 15.7 Å². The molecular weight excluding hydrogens is 298 g/mol. The van der Waals surface area contributed by atoms with E-state index in [2.05, 4.69) is 10.6 Å². The quantitative estimate of drug-likeness (QED) is 0.338. The largest absolute Gasteiger partial charge is 0.506 e. The first-order valence-corrected chi connectivity index (χ1v) is 6.88. The molecule has 0 aromatic heterocycles. The van der Waals surface area contributed by atoms with Crippen molar-refractivity contribution in [1.82, 2.24) is 10.8 Å². The second-order valence-electron chi connectivity index (χ2n) is 4.91. The summed E-state index contributed by atoms with van der Waals surface area (Å²) in [5, 5.41) is 23.5. The molecule has 0 aliphatic rings. The monoisotopic (exact) mass is 315 g/mol. The van der Waals surface area contributed by atoms with Gasteiger partial charge in [-0.05, 0) is 36.2 Å². The number of benzene rings is 2. The predicted octanol–water partition coefficient (Wildman–Crippen LogP) is 2.14. The number of aryl methyl sites for hydroxylation is 1. The standard InChI is InChI=1S/C16H17N3O4/c1-10-3-2-4-13(20)14(10)18-16(22)17-9-11-5-7-12(8-6-11)15(21)19-23/h2-8,20,23H,9H2,1H3,(H,19,21)(H2,17,18,22). The number of amides is 3. The second-order valence-corrected chi connectivity index (χ2v) is 4.91. The Morgan fingerprint density at radius 3 is 2.39 bits per heavy atom. The Labute approximate surface area is 132 Å². The Morgan fingerprint density at radius 2 is 1.78 bits per heavy atom. The highest BCUT2D eigenvalue weighted by atomic mass is 16.5. The lowest BCUT2D eigenvalue weighted by molar-refractivity contribution is 0.0706. The van der Waals surface area contributed by atoms with Crippen LogP contribution in [0.3, 0.4) is 0 Å². The van der Waals surface area contributed by atoms with E-state index >= 15 is 0 Å². The lowest BCUT2D eigenvalue weighted by Crippen LogP contribution is -2.28. The van der Waals surface area contributed by atoms with Crippen LogP contribution < -0.4 is 16.1 Å². The van der Waals surface area contributed by atoms with E-state index in [9.17, 15) is 14.7 Å². The smallest absolute Gasteiger partial charge is 0.319 e. The van der Waals surface area contributed by atoms with Gasteiger partial charge in [0.25, 0.3) is 5.91 Å². The van der Waals surface area contributed by atoms with E-state index in [4.69, 9.17) is 5.21 Å². The van der Waals surface area contributed by atoms with Gasteiger partial charge in [0.2, 0.25) is 0 Å². The van der Waals surface area contributed by atoms with Crippen molar-refractivity contribution in [1.29, 1.82) is 0 Å². The van der Waals surface area contributed by atoms with Gasteiger partial charge in [0, 0.05) is 12.1 Å². The number of phenolic OH excluding ortho intramolecular Hbond substituents is 1. The van der Waals surface area contributed by atoms with E-state index in [1.165, 1.54) is 18.2 Å². The fourth-order valence-corrected chi connectivity index (χ4v) is 1.99. The molecule has 0 saturated carbocycles. The summed E-state index contributed by atoms with van der Waals surface area (Å²) >= 11 is 0. The maximum Gasteiger partial charge on any atom is 0.319 e. The first kappa shape index (κ1) is 16.3. The topological polar surface area (TPSA) is 111 Å². The number of hydrogen-bond acceptors (Lipinski definition) is 4. The first-order valence-electron chi connectivity index (χ1n) is 6.88. The summed E-state index contributed by atoms with van der Waals surface area (Å²) in [7, 11) is 0. The molecule has 5 N–H and O–H groups in total. The zero-order valence-corrected chi connectivity index (χ0v) is 12.5. The Morgan fingerprint density at radius 1 is 1.09 bits per heavy atom. The van der Waals surface area contributed by atoms with E-state index in [-0.39, 0.29) is 12.3 Å². The Bertz CT molecular complexity index is 694. The van der Waals surface area contributed by atoms with Crippen molar-refractivity contribution < 1.29 is 19.9 Å². The predicted molar refractivity (Wildman–Crippen MR) is 84.4 cm³/mol. The van der Waals surface area contributed by atoms with E-state index in [1.54, 1.807) is 36.7 Å². The summed E-state index contributed by atoms with van der Waals surface area (Å²) in [6.07, 6.45) is 0. The zero-order chi connectivity index (χ0) is 16.8. The molecule has 7 nitrogen and oxygen atoms in total. The van der Waals surface area contributed by atoms with E-state index < -0.39 is 11.9 Å². The maximum atomic E-state index is 11.9. The minimum atomic E-state index is -0.600. The van der Waals surface area contributed by atoms with Crippen LogP contribution in [0, 0.1) is 6.92 Å². The van der Waals surface area contributed by atoms with Crippen LogP contribution >= 0.6 is 0 Å². The molecule has 2 aromatic carbocycles. The molecule has 0 heterocycles. The van der Waals surface area contributed by atoms with Crippen molar-refractivity contribution >= 4 is 17.6 Å². The number of carbonyl (C=O) groups excluding carboxylic acids is 2. The molecule has 2 aromatic rings. The number of phenols is 1. The third-order valence-corrected chi connectivity index (χ3v) is 3.26. The van der Waals surface area contributed by atoms with Crippen LogP contribution in [0.1, 0.15) is 21.5 Å². The highest BCUT2D eigenvalue weighted by Gasteiger charge is 2.09. The van der Waals surface area contributed by atoms with Crippen LogP contribution in [0.25, 0.3) is 0 Å². The fraction of sp³-hybridized carbons (Fsp3) is 0.125. The molecular formula is C16H17N3O4. The normalized spacial score (nSPS) is 10.0. The Balaban J connectivity index is 1.93. The van der Waals surface area contributed by atoms with Gasteiger partial charge in [-0.2, -0.15) is 0 Å². The number of hydrogen-bond donors (Lipinski definition) is 5. The highest BCUT2D eigenvalue weighted by Crippen LogP contribution is 2.26. The molecule has 0 atom stereocenters. The number of rotatable bonds is 4. The molecule has 2 rings (SSSR count). The second kappa shape index (κ2) is 7.28. The average molecular weight is 315 g/mol. The number of para-hydroxylation sites is 1. The first-order chi connectivity index (χ1) is 11.0. The molecule has 0 spiro atoms. The average Bonchev–Trinajstić information content (AvgIpc) is 2.56. The summed E-state index contributed by atoms with van der Waals surface area (Å²) in [6.45, 7) is 2.03. The van der Waals surface area contributed by atoms with Crippen molar-refractivity contribution in [2.75, 3.05) is 5.32 Å². The van der Waals surface area contributed by atoms with Crippen molar-refractivity contribution in [2.45, 2.75) is 13.5 Å². The van der Waals surface area contributed by atoms with Gasteiger partial charge in [-0.1, -0.05) is 24.3 Å². The van der Waals surface area contributed by atoms with Gasteiger partial charge in [-0.3, -0.25) is 10.0 Å². The summed E-state index contributed by atoms with van der Waals surface area (Å²) in [5.41, 5.74) is 3.75. The third-order valence-electron chi connectivity index (χ3n) is 3.26. The van der Waals surface area contributed by atoms with E-state index in [1.807, 2.05) is 0 Å². The molecule has 0 radical (unpaired) electrons. The van der Waals surface area contributed by atoms with E-state index in [0.29, 0.717) is 11.3 Å². The Kier molecular flexibility index (Phi) is 5.16. The lowest BCUT2D eigenvalue weighted by atomic mass is 10.1. The number of nitrogens with one attached hydrogen (secondary N) is 3. The van der Waals surface area contributed by atoms with Crippen LogP contribution in [-0.4, -0.2) is 22.3 Å². The SMILES string of the molecule is Cc1cccc(O)c1NC(=O)NCc1ccc(C(=O)NO)cc1. The molecule has 0 unspecified atom stereocenters. The Hall–Kier alpha value is -3.06. The van der Waals surface area contributed by atoms with Crippen LogP contribution in [0.4, 0.5) is 10.5 Å². The van der Waals surface area contributed by atoms with Crippen LogP contribution in [0.2, 0.25) is 0 Å². The fourth-order valence-electron chi connectivity index (χ4n) is 1.99. The molecule has 23 heavy (non-hydrogen) atoms. The van der Waals surface area contributed by atoms with Gasteiger partial charge in [-0.25, -0.2) is 10.3 Å². The van der Waals surface area contributed by atoms with Crippen molar-refractivity contribution in [3.63, 3.8) is 0 Å². The maximum absolute atomic E-state index is 11.9. The molecule has 7 heteroatoms.